The van der Waals surface area contributed by atoms with Crippen LogP contribution in [0.3, 0.4) is 0 Å². The van der Waals surface area contributed by atoms with Gasteiger partial charge < -0.3 is 15.0 Å². The lowest BCUT2D eigenvalue weighted by atomic mass is 9.46. The molecule has 4 unspecified atom stereocenters. The molecular formula is C28H36FN5O2. The predicted molar refractivity (Wildman–Crippen MR) is 133 cm³/mol. The predicted octanol–water partition coefficient (Wildman–Crippen LogP) is 4.14. The molecule has 192 valence electrons. The van der Waals surface area contributed by atoms with Gasteiger partial charge in [-0.15, -0.1) is 0 Å². The molecule has 8 heteroatoms. The maximum atomic E-state index is 15.0. The second-order valence-corrected chi connectivity index (χ2v) is 12.3. The molecule has 0 radical (unpaired) electrons. The number of carbonyl (C=O) groups excluding carboxylic acids is 1. The van der Waals surface area contributed by atoms with Crippen LogP contribution < -0.4 is 16.2 Å². The van der Waals surface area contributed by atoms with Crippen LogP contribution in [0.5, 0.6) is 0 Å². The number of carbonyl (C=O) groups is 1. The molecule has 36 heavy (non-hydrogen) atoms. The van der Waals surface area contributed by atoms with Crippen molar-refractivity contribution in [2.24, 2.45) is 29.1 Å². The molecule has 8 rings (SSSR count). The number of hydrogen-bond donors (Lipinski definition) is 4. The molecule has 2 amide bonds. The Bertz CT molecular complexity index is 1150. The molecular weight excluding hydrogens is 457 g/mol. The average molecular weight is 494 g/mol. The first-order chi connectivity index (χ1) is 17.5. The molecule has 0 spiro atoms. The summed E-state index contributed by atoms with van der Waals surface area (Å²) < 4.78 is 17.0. The first kappa shape index (κ1) is 22.7. The highest BCUT2D eigenvalue weighted by atomic mass is 19.1. The minimum absolute atomic E-state index is 0.129. The van der Waals surface area contributed by atoms with Gasteiger partial charge in [-0.3, -0.25) is 5.43 Å². The van der Waals surface area contributed by atoms with E-state index in [1.807, 2.05) is 10.6 Å². The number of aliphatic hydroxyl groups is 1. The van der Waals surface area contributed by atoms with E-state index in [2.05, 4.69) is 21.2 Å². The number of imidazole rings is 1. The van der Waals surface area contributed by atoms with Gasteiger partial charge in [0.25, 0.3) is 0 Å². The summed E-state index contributed by atoms with van der Waals surface area (Å²) in [5.41, 5.74) is 8.68. The number of rotatable bonds is 7. The number of benzene rings is 1. The monoisotopic (exact) mass is 493 g/mol. The van der Waals surface area contributed by atoms with E-state index in [-0.39, 0.29) is 29.3 Å². The first-order valence-electron chi connectivity index (χ1n) is 13.8. The van der Waals surface area contributed by atoms with Crippen LogP contribution in [0.15, 0.2) is 30.7 Å². The van der Waals surface area contributed by atoms with Gasteiger partial charge in [0.2, 0.25) is 0 Å². The van der Waals surface area contributed by atoms with E-state index in [0.29, 0.717) is 35.7 Å². The molecule has 2 aromatic rings. The number of fused-ring (bicyclic) bond motifs is 3. The third kappa shape index (κ3) is 3.59. The van der Waals surface area contributed by atoms with E-state index in [1.54, 1.807) is 18.6 Å². The molecule has 4 bridgehead atoms. The molecule has 1 aromatic carbocycles. The second-order valence-electron chi connectivity index (χ2n) is 12.3. The van der Waals surface area contributed by atoms with Crippen molar-refractivity contribution in [2.45, 2.75) is 76.0 Å². The smallest absolute Gasteiger partial charge is 0.329 e. The maximum absolute atomic E-state index is 15.0. The molecule has 6 aliphatic rings. The summed E-state index contributed by atoms with van der Waals surface area (Å²) in [7, 11) is 0. The van der Waals surface area contributed by atoms with E-state index in [9.17, 15) is 14.3 Å². The summed E-state index contributed by atoms with van der Waals surface area (Å²) >= 11 is 0. The van der Waals surface area contributed by atoms with Gasteiger partial charge in [-0.1, -0.05) is 18.6 Å². The molecule has 1 aliphatic heterocycles. The van der Waals surface area contributed by atoms with E-state index in [4.69, 9.17) is 0 Å². The highest BCUT2D eigenvalue weighted by Gasteiger charge is 2.58. The molecule has 0 saturated heterocycles. The average Bonchev–Trinajstić information content (AvgIpc) is 3.40. The van der Waals surface area contributed by atoms with Gasteiger partial charge in [-0.25, -0.2) is 19.6 Å². The van der Waals surface area contributed by atoms with Crippen molar-refractivity contribution in [1.82, 2.24) is 25.7 Å². The number of aliphatic hydroxyl groups excluding tert-OH is 1. The Morgan fingerprint density at radius 2 is 2.03 bits per heavy atom. The van der Waals surface area contributed by atoms with Crippen molar-refractivity contribution in [3.63, 3.8) is 0 Å². The summed E-state index contributed by atoms with van der Waals surface area (Å²) in [6.07, 6.45) is 12.5. The van der Waals surface area contributed by atoms with Crippen LogP contribution in [-0.4, -0.2) is 39.4 Å². The standard InChI is InChI=1S/C28H36FN5O2/c29-21-6-2-5-20-23-14-30-15-34(23)22(25(20)21)9-24(35)28-10-17-7-18(11-28)26(19(8-17)12-28)32-33-27(36)31-13-16-3-1-4-16/h2,5-6,14-19,22,24,26,32,35H,1,3-4,7-13H2,(H2,31,33,36). The highest BCUT2D eigenvalue weighted by Crippen LogP contribution is 2.62. The van der Waals surface area contributed by atoms with Crippen LogP contribution in [-0.2, 0) is 0 Å². The Hall–Kier alpha value is -2.45. The van der Waals surface area contributed by atoms with Crippen LogP contribution >= 0.6 is 0 Å². The fourth-order valence-electron chi connectivity index (χ4n) is 8.55. The van der Waals surface area contributed by atoms with Gasteiger partial charge in [0, 0.05) is 23.7 Å². The summed E-state index contributed by atoms with van der Waals surface area (Å²) in [4.78, 5) is 16.6. The van der Waals surface area contributed by atoms with Crippen molar-refractivity contribution in [1.29, 1.82) is 0 Å². The number of aromatic nitrogens is 2. The summed E-state index contributed by atoms with van der Waals surface area (Å²) in [6, 6.07) is 5.11. The summed E-state index contributed by atoms with van der Waals surface area (Å²) in [5, 5.41) is 14.8. The second kappa shape index (κ2) is 8.55. The quantitative estimate of drug-likeness (QED) is 0.437. The lowest BCUT2D eigenvalue weighted by Gasteiger charge is -2.61. The molecule has 4 N–H and O–H groups in total. The Morgan fingerprint density at radius 3 is 2.78 bits per heavy atom. The van der Waals surface area contributed by atoms with E-state index in [1.165, 1.54) is 25.3 Å². The number of halogens is 1. The Morgan fingerprint density at radius 1 is 1.22 bits per heavy atom. The normalized spacial score (nSPS) is 34.7. The van der Waals surface area contributed by atoms with Crippen molar-refractivity contribution < 1.29 is 14.3 Å². The van der Waals surface area contributed by atoms with Gasteiger partial charge in [0.05, 0.1) is 30.4 Å². The molecule has 5 fully saturated rings. The third-order valence-electron chi connectivity index (χ3n) is 10.3. The zero-order chi connectivity index (χ0) is 24.4. The molecule has 1 aromatic heterocycles. The lowest BCUT2D eigenvalue weighted by molar-refractivity contribution is -0.139. The Kier molecular flexibility index (Phi) is 5.40. The zero-order valence-electron chi connectivity index (χ0n) is 20.6. The number of hydrazine groups is 1. The minimum Gasteiger partial charge on any atom is -0.392 e. The van der Waals surface area contributed by atoms with Gasteiger partial charge in [0.15, 0.2) is 0 Å². The van der Waals surface area contributed by atoms with Crippen molar-refractivity contribution in [3.8, 4) is 11.3 Å². The molecule has 5 saturated carbocycles. The third-order valence-corrected chi connectivity index (χ3v) is 10.3. The van der Waals surface area contributed by atoms with Crippen LogP contribution in [0.2, 0.25) is 0 Å². The van der Waals surface area contributed by atoms with Crippen LogP contribution in [0, 0.1) is 34.9 Å². The maximum Gasteiger partial charge on any atom is 0.329 e. The first-order valence-corrected chi connectivity index (χ1v) is 13.8. The topological polar surface area (TPSA) is 91.2 Å². The summed E-state index contributed by atoms with van der Waals surface area (Å²) in [5.74, 6) is 1.93. The van der Waals surface area contributed by atoms with E-state index >= 15 is 0 Å². The van der Waals surface area contributed by atoms with Crippen LogP contribution in [0.4, 0.5) is 9.18 Å². The molecule has 7 nitrogen and oxygen atoms in total. The van der Waals surface area contributed by atoms with Gasteiger partial charge >= 0.3 is 6.03 Å². The minimum atomic E-state index is -0.504. The zero-order valence-corrected chi connectivity index (χ0v) is 20.6. The number of nitrogens with one attached hydrogen (secondary N) is 3. The number of amides is 2. The van der Waals surface area contributed by atoms with E-state index < -0.39 is 6.10 Å². The van der Waals surface area contributed by atoms with Gasteiger partial charge in [-0.05, 0) is 86.5 Å². The fourth-order valence-corrected chi connectivity index (χ4v) is 8.55. The van der Waals surface area contributed by atoms with Crippen molar-refractivity contribution in [2.75, 3.05) is 6.54 Å². The van der Waals surface area contributed by atoms with E-state index in [0.717, 1.165) is 49.9 Å². The van der Waals surface area contributed by atoms with Crippen LogP contribution in [0.1, 0.15) is 69.4 Å². The van der Waals surface area contributed by atoms with Gasteiger partial charge in [0.1, 0.15) is 5.82 Å². The Labute approximate surface area is 211 Å². The SMILES string of the molecule is O=C(NCC1CCC1)NNC1C2CC3CC1CC(C(O)CC1c4c(F)cccc4-c4cncn41)(C3)C2. The number of nitrogens with zero attached hydrogens (tertiary/aromatic N) is 2. The van der Waals surface area contributed by atoms with Gasteiger partial charge in [-0.2, -0.15) is 0 Å². The molecule has 2 heterocycles. The summed E-state index contributed by atoms with van der Waals surface area (Å²) in [6.45, 7) is 0.756. The number of hydrogen-bond acceptors (Lipinski definition) is 4. The van der Waals surface area contributed by atoms with Crippen molar-refractivity contribution in [3.05, 3.63) is 42.1 Å². The highest BCUT2D eigenvalue weighted by molar-refractivity contribution is 5.73. The fraction of sp³-hybridized carbons (Fsp3) is 0.643. The number of urea groups is 1. The lowest BCUT2D eigenvalue weighted by Crippen LogP contribution is -2.64. The Balaban J connectivity index is 1.04. The molecule has 5 aliphatic carbocycles. The molecule has 4 atom stereocenters. The van der Waals surface area contributed by atoms with Crippen molar-refractivity contribution >= 4 is 6.03 Å². The van der Waals surface area contributed by atoms with Crippen LogP contribution in [0.25, 0.3) is 11.3 Å². The largest absolute Gasteiger partial charge is 0.392 e.